The van der Waals surface area contributed by atoms with Crippen LogP contribution < -0.4 is 4.90 Å². The molecule has 0 atom stereocenters. The molecule has 0 aliphatic carbocycles. The molecule has 0 amide bonds. The van der Waals surface area contributed by atoms with Crippen molar-refractivity contribution in [1.29, 1.82) is 0 Å². The van der Waals surface area contributed by atoms with Gasteiger partial charge in [0.2, 0.25) is 5.28 Å². The molecule has 2 aromatic heterocycles. The van der Waals surface area contributed by atoms with E-state index >= 15 is 0 Å². The van der Waals surface area contributed by atoms with Crippen LogP contribution in [0.4, 0.5) is 20.3 Å². The van der Waals surface area contributed by atoms with Gasteiger partial charge in [0, 0.05) is 17.2 Å². The topological polar surface area (TPSA) is 41.9 Å². The van der Waals surface area contributed by atoms with Crippen LogP contribution in [0.15, 0.2) is 35.1 Å². The van der Waals surface area contributed by atoms with Gasteiger partial charge in [-0.2, -0.15) is 4.98 Å². The summed E-state index contributed by atoms with van der Waals surface area (Å²) in [4.78, 5) is 13.3. The Morgan fingerprint density at radius 1 is 1.08 bits per heavy atom. The van der Waals surface area contributed by atoms with Gasteiger partial charge in [-0.25, -0.2) is 13.8 Å². The average Bonchev–Trinajstić information content (AvgIpc) is 2.54. The van der Waals surface area contributed by atoms with Crippen LogP contribution in [0.2, 0.25) is 5.28 Å². The van der Waals surface area contributed by atoms with Crippen molar-refractivity contribution in [3.63, 3.8) is 0 Å². The predicted molar refractivity (Wildman–Crippen MR) is 95.8 cm³/mol. The summed E-state index contributed by atoms with van der Waals surface area (Å²) in [5, 5.41) is 0.125. The van der Waals surface area contributed by atoms with Crippen molar-refractivity contribution < 1.29 is 8.78 Å². The first kappa shape index (κ1) is 18.5. The van der Waals surface area contributed by atoms with E-state index in [4.69, 9.17) is 11.6 Å². The first-order valence-corrected chi connectivity index (χ1v) is 8.29. The van der Waals surface area contributed by atoms with Crippen LogP contribution in [-0.4, -0.2) is 22.0 Å². The van der Waals surface area contributed by atoms with E-state index in [-0.39, 0.29) is 22.0 Å². The molecule has 2 heterocycles. The number of rotatable bonds is 2. The van der Waals surface area contributed by atoms with Crippen molar-refractivity contribution in [3.8, 4) is 0 Å². The standard InChI is InChI=1S/C14H8BrClF2N4.C2H6/c1-22(9-3-7(15)2-8(17)4-9)13-12-10(18)5-19-6-11(12)20-14(16)21-13;1-2/h2-6H,1H3;1-2H3. The fourth-order valence-corrected chi connectivity index (χ4v) is 2.72. The molecule has 0 unspecified atom stereocenters. The zero-order valence-electron chi connectivity index (χ0n) is 13.2. The van der Waals surface area contributed by atoms with Gasteiger partial charge in [-0.05, 0) is 29.8 Å². The summed E-state index contributed by atoms with van der Waals surface area (Å²) >= 11 is 9.11. The van der Waals surface area contributed by atoms with Crippen molar-refractivity contribution in [2.75, 3.05) is 11.9 Å². The van der Waals surface area contributed by atoms with Crippen molar-refractivity contribution in [1.82, 2.24) is 15.0 Å². The maximum absolute atomic E-state index is 14.1. The summed E-state index contributed by atoms with van der Waals surface area (Å²) in [5.41, 5.74) is 0.761. The van der Waals surface area contributed by atoms with E-state index in [1.165, 1.54) is 23.2 Å². The van der Waals surface area contributed by atoms with E-state index in [1.807, 2.05) is 13.8 Å². The Bertz CT molecular complexity index is 856. The third-order valence-electron chi connectivity index (χ3n) is 3.07. The number of hydrogen-bond donors (Lipinski definition) is 0. The number of benzene rings is 1. The molecule has 0 radical (unpaired) electrons. The smallest absolute Gasteiger partial charge is 0.224 e. The molecule has 0 saturated carbocycles. The van der Waals surface area contributed by atoms with E-state index in [2.05, 4.69) is 30.9 Å². The molecule has 0 aliphatic rings. The largest absolute Gasteiger partial charge is 0.329 e. The second-order valence-electron chi connectivity index (χ2n) is 4.52. The maximum atomic E-state index is 14.1. The zero-order valence-corrected chi connectivity index (χ0v) is 15.5. The lowest BCUT2D eigenvalue weighted by Crippen LogP contribution is -2.13. The second-order valence-corrected chi connectivity index (χ2v) is 5.77. The van der Waals surface area contributed by atoms with Gasteiger partial charge in [0.1, 0.15) is 11.6 Å². The molecular formula is C16H14BrClF2N4. The average molecular weight is 416 g/mol. The van der Waals surface area contributed by atoms with Crippen LogP contribution in [0.3, 0.4) is 0 Å². The number of halogens is 4. The molecule has 0 fully saturated rings. The van der Waals surface area contributed by atoms with Crippen molar-refractivity contribution in [3.05, 3.63) is 52.0 Å². The molecular weight excluding hydrogens is 402 g/mol. The van der Waals surface area contributed by atoms with Crippen LogP contribution in [0.1, 0.15) is 13.8 Å². The molecule has 0 aliphatic heterocycles. The van der Waals surface area contributed by atoms with Gasteiger partial charge in [-0.1, -0.05) is 29.8 Å². The highest BCUT2D eigenvalue weighted by Gasteiger charge is 2.17. The minimum atomic E-state index is -0.577. The van der Waals surface area contributed by atoms with E-state index in [1.54, 1.807) is 13.1 Å². The summed E-state index contributed by atoms with van der Waals surface area (Å²) in [6.45, 7) is 4.00. The van der Waals surface area contributed by atoms with E-state index < -0.39 is 11.6 Å². The Balaban J connectivity index is 0.00000100. The molecule has 4 nitrogen and oxygen atoms in total. The summed E-state index contributed by atoms with van der Waals surface area (Å²) in [6.07, 6.45) is 2.46. The lowest BCUT2D eigenvalue weighted by atomic mass is 10.2. The summed E-state index contributed by atoms with van der Waals surface area (Å²) in [5.74, 6) is -0.776. The molecule has 0 saturated heterocycles. The molecule has 0 spiro atoms. The zero-order chi connectivity index (χ0) is 17.9. The molecule has 24 heavy (non-hydrogen) atoms. The Morgan fingerprint density at radius 2 is 1.79 bits per heavy atom. The van der Waals surface area contributed by atoms with E-state index in [9.17, 15) is 8.78 Å². The summed E-state index contributed by atoms with van der Waals surface area (Å²) in [7, 11) is 1.64. The summed E-state index contributed by atoms with van der Waals surface area (Å²) in [6, 6.07) is 4.32. The fourth-order valence-electron chi connectivity index (χ4n) is 2.10. The second kappa shape index (κ2) is 7.81. The molecule has 126 valence electrons. The fraction of sp³-hybridized carbons (Fsp3) is 0.188. The van der Waals surface area contributed by atoms with Gasteiger partial charge in [-0.3, -0.25) is 4.98 Å². The van der Waals surface area contributed by atoms with Crippen LogP contribution in [-0.2, 0) is 0 Å². The van der Waals surface area contributed by atoms with Crippen LogP contribution in [0, 0.1) is 11.6 Å². The third kappa shape index (κ3) is 3.79. The highest BCUT2D eigenvalue weighted by atomic mass is 79.9. The Morgan fingerprint density at radius 3 is 2.46 bits per heavy atom. The van der Waals surface area contributed by atoms with Crippen LogP contribution >= 0.6 is 27.5 Å². The molecule has 3 aromatic rings. The lowest BCUT2D eigenvalue weighted by molar-refractivity contribution is 0.627. The van der Waals surface area contributed by atoms with Gasteiger partial charge >= 0.3 is 0 Å². The predicted octanol–water partition coefficient (Wildman–Crippen LogP) is 5.51. The van der Waals surface area contributed by atoms with Crippen LogP contribution in [0.25, 0.3) is 10.9 Å². The van der Waals surface area contributed by atoms with Gasteiger partial charge in [0.15, 0.2) is 5.82 Å². The highest BCUT2D eigenvalue weighted by Crippen LogP contribution is 2.32. The van der Waals surface area contributed by atoms with E-state index in [0.29, 0.717) is 10.2 Å². The minimum Gasteiger partial charge on any atom is -0.329 e. The molecule has 3 rings (SSSR count). The number of nitrogens with zero attached hydrogens (tertiary/aromatic N) is 4. The minimum absolute atomic E-state index is 0.0442. The number of fused-ring (bicyclic) bond motifs is 1. The van der Waals surface area contributed by atoms with Crippen molar-refractivity contribution in [2.45, 2.75) is 13.8 Å². The highest BCUT2D eigenvalue weighted by molar-refractivity contribution is 9.10. The quantitative estimate of drug-likeness (QED) is 0.517. The number of hydrogen-bond acceptors (Lipinski definition) is 4. The molecule has 0 N–H and O–H groups in total. The van der Waals surface area contributed by atoms with Gasteiger partial charge in [0.05, 0.1) is 23.3 Å². The Labute approximate surface area is 151 Å². The Kier molecular flexibility index (Phi) is 6.01. The number of aromatic nitrogens is 3. The Hall–Kier alpha value is -1.86. The molecule has 8 heteroatoms. The normalized spacial score (nSPS) is 10.3. The monoisotopic (exact) mass is 414 g/mol. The maximum Gasteiger partial charge on any atom is 0.224 e. The first-order chi connectivity index (χ1) is 11.5. The van der Waals surface area contributed by atoms with Crippen LogP contribution in [0.5, 0.6) is 0 Å². The number of pyridine rings is 1. The van der Waals surface area contributed by atoms with Crippen molar-refractivity contribution in [2.24, 2.45) is 0 Å². The van der Waals surface area contributed by atoms with E-state index in [0.717, 1.165) is 6.20 Å². The number of anilines is 2. The van der Waals surface area contributed by atoms with Crippen molar-refractivity contribution >= 4 is 49.9 Å². The summed E-state index contributed by atoms with van der Waals surface area (Å²) < 4.78 is 28.3. The third-order valence-corrected chi connectivity index (χ3v) is 3.69. The molecule has 0 bridgehead atoms. The van der Waals surface area contributed by atoms with Gasteiger partial charge in [-0.15, -0.1) is 0 Å². The molecule has 1 aromatic carbocycles. The SMILES string of the molecule is CC.CN(c1cc(F)cc(Br)c1)c1nc(Cl)nc2cncc(F)c12. The lowest BCUT2D eigenvalue weighted by Gasteiger charge is -2.20. The first-order valence-electron chi connectivity index (χ1n) is 7.12. The van der Waals surface area contributed by atoms with Gasteiger partial charge in [0.25, 0.3) is 0 Å². The van der Waals surface area contributed by atoms with Gasteiger partial charge < -0.3 is 4.90 Å².